The van der Waals surface area contributed by atoms with Gasteiger partial charge >= 0.3 is 12.1 Å². The molecule has 0 spiro atoms. The van der Waals surface area contributed by atoms with Gasteiger partial charge in [0.25, 0.3) is 0 Å². The molecule has 7 heteroatoms. The summed E-state index contributed by atoms with van der Waals surface area (Å²) >= 11 is 0. The molecule has 0 heterocycles. The number of benzene rings is 1. The first kappa shape index (κ1) is 21.0. The highest BCUT2D eigenvalue weighted by molar-refractivity contribution is 5.89. The lowest BCUT2D eigenvalue weighted by atomic mass is 10.0. The van der Waals surface area contributed by atoms with Crippen molar-refractivity contribution in [1.82, 2.24) is 10.6 Å². The molecule has 2 unspecified atom stereocenters. The largest absolute Gasteiger partial charge is 0.480 e. The predicted octanol–water partition coefficient (Wildman–Crippen LogP) is 1.92. The zero-order valence-corrected chi connectivity index (χ0v) is 14.9. The van der Waals surface area contributed by atoms with E-state index in [4.69, 9.17) is 11.2 Å². The Bertz CT molecular complexity index is 652. The molecule has 0 aromatic heterocycles. The molecule has 140 valence electrons. The Kier molecular flexibility index (Phi) is 8.71. The van der Waals surface area contributed by atoms with Crippen molar-refractivity contribution in [2.24, 2.45) is 5.92 Å². The molecule has 0 aliphatic rings. The van der Waals surface area contributed by atoms with Crippen LogP contribution < -0.4 is 10.6 Å². The summed E-state index contributed by atoms with van der Waals surface area (Å²) in [6.07, 6.45) is 4.62. The fourth-order valence-corrected chi connectivity index (χ4v) is 2.20. The fraction of sp³-hybridized carbons (Fsp3) is 0.421. The van der Waals surface area contributed by atoms with Crippen LogP contribution in [0.25, 0.3) is 0 Å². The number of hydrogen-bond acceptors (Lipinski definition) is 4. The predicted molar refractivity (Wildman–Crippen MR) is 96.0 cm³/mol. The number of carboxylic acid groups (broad SMARTS) is 1. The fourth-order valence-electron chi connectivity index (χ4n) is 2.20. The maximum Gasteiger partial charge on any atom is 0.408 e. The molecule has 1 aromatic carbocycles. The molecule has 0 aliphatic heterocycles. The third kappa shape index (κ3) is 7.71. The van der Waals surface area contributed by atoms with E-state index in [9.17, 15) is 19.5 Å². The van der Waals surface area contributed by atoms with Gasteiger partial charge in [-0.15, -0.1) is 12.3 Å². The Morgan fingerprint density at radius 3 is 2.35 bits per heavy atom. The Morgan fingerprint density at radius 2 is 1.81 bits per heavy atom. The third-order valence-electron chi connectivity index (χ3n) is 3.46. The number of carboxylic acids is 1. The number of terminal acetylenes is 1. The number of nitrogens with one attached hydrogen (secondary N) is 2. The van der Waals surface area contributed by atoms with E-state index in [1.165, 1.54) is 0 Å². The molecule has 2 atom stereocenters. The minimum atomic E-state index is -1.14. The van der Waals surface area contributed by atoms with Crippen molar-refractivity contribution in [1.29, 1.82) is 0 Å². The molecule has 0 saturated carbocycles. The van der Waals surface area contributed by atoms with E-state index in [1.54, 1.807) is 12.1 Å². The maximum atomic E-state index is 12.3. The molecular weight excluding hydrogens is 336 g/mol. The van der Waals surface area contributed by atoms with Gasteiger partial charge in [0.1, 0.15) is 18.7 Å². The Hall–Kier alpha value is -3.01. The van der Waals surface area contributed by atoms with Crippen molar-refractivity contribution in [2.45, 2.75) is 45.4 Å². The van der Waals surface area contributed by atoms with Gasteiger partial charge in [-0.2, -0.15) is 0 Å². The van der Waals surface area contributed by atoms with Crippen LogP contribution in [0.5, 0.6) is 0 Å². The second-order valence-electron chi connectivity index (χ2n) is 6.20. The van der Waals surface area contributed by atoms with Crippen molar-refractivity contribution in [3.8, 4) is 12.3 Å². The number of rotatable bonds is 9. The van der Waals surface area contributed by atoms with Crippen molar-refractivity contribution in [3.63, 3.8) is 0 Å². The van der Waals surface area contributed by atoms with E-state index >= 15 is 0 Å². The van der Waals surface area contributed by atoms with Crippen LogP contribution in [0.4, 0.5) is 4.79 Å². The molecule has 2 amide bonds. The van der Waals surface area contributed by atoms with Crippen LogP contribution in [-0.2, 0) is 20.9 Å². The molecule has 0 bridgehead atoms. The minimum Gasteiger partial charge on any atom is -0.480 e. The van der Waals surface area contributed by atoms with Gasteiger partial charge in [-0.25, -0.2) is 9.59 Å². The summed E-state index contributed by atoms with van der Waals surface area (Å²) in [4.78, 5) is 35.5. The van der Waals surface area contributed by atoms with E-state index in [0.717, 1.165) is 5.56 Å². The van der Waals surface area contributed by atoms with Crippen LogP contribution in [0.1, 0.15) is 32.3 Å². The highest BCUT2D eigenvalue weighted by Crippen LogP contribution is 2.06. The number of alkyl carbamates (subject to hydrolysis) is 1. The van der Waals surface area contributed by atoms with Crippen LogP contribution in [-0.4, -0.2) is 35.2 Å². The molecule has 0 aliphatic carbocycles. The molecule has 0 radical (unpaired) electrons. The zero-order valence-electron chi connectivity index (χ0n) is 14.9. The van der Waals surface area contributed by atoms with Gasteiger partial charge < -0.3 is 20.5 Å². The summed E-state index contributed by atoms with van der Waals surface area (Å²) in [5, 5.41) is 14.0. The summed E-state index contributed by atoms with van der Waals surface area (Å²) in [6, 6.07) is 6.93. The summed E-state index contributed by atoms with van der Waals surface area (Å²) in [7, 11) is 0. The molecule has 0 saturated heterocycles. The van der Waals surface area contributed by atoms with Crippen LogP contribution in [0.3, 0.4) is 0 Å². The maximum absolute atomic E-state index is 12.3. The lowest BCUT2D eigenvalue weighted by Crippen LogP contribution is -2.51. The van der Waals surface area contributed by atoms with Crippen molar-refractivity contribution in [2.75, 3.05) is 0 Å². The SMILES string of the molecule is C#CCC(NC(=O)OCc1ccccc1)C(=O)NC(CC(C)C)C(=O)O. The van der Waals surface area contributed by atoms with E-state index in [0.29, 0.717) is 0 Å². The topological polar surface area (TPSA) is 105 Å². The van der Waals surface area contributed by atoms with Crippen LogP contribution in [0.15, 0.2) is 30.3 Å². The first-order valence-electron chi connectivity index (χ1n) is 8.27. The van der Waals surface area contributed by atoms with Crippen molar-refractivity contribution >= 4 is 18.0 Å². The minimum absolute atomic E-state index is 0.0438. The van der Waals surface area contributed by atoms with E-state index in [1.807, 2.05) is 32.0 Å². The average Bonchev–Trinajstić information content (AvgIpc) is 2.59. The van der Waals surface area contributed by atoms with Gasteiger partial charge in [0.15, 0.2) is 0 Å². The van der Waals surface area contributed by atoms with Crippen molar-refractivity contribution in [3.05, 3.63) is 35.9 Å². The lowest BCUT2D eigenvalue weighted by Gasteiger charge is -2.21. The van der Waals surface area contributed by atoms with Crippen LogP contribution in [0.2, 0.25) is 0 Å². The number of carbonyl (C=O) groups excluding carboxylic acids is 2. The zero-order chi connectivity index (χ0) is 19.5. The van der Waals surface area contributed by atoms with E-state index in [-0.39, 0.29) is 25.4 Å². The molecule has 7 nitrogen and oxygen atoms in total. The summed E-state index contributed by atoms with van der Waals surface area (Å²) < 4.78 is 5.06. The Balaban J connectivity index is 2.62. The normalized spacial score (nSPS) is 12.5. The van der Waals surface area contributed by atoms with Gasteiger partial charge in [-0.3, -0.25) is 4.79 Å². The van der Waals surface area contributed by atoms with Gasteiger partial charge in [0, 0.05) is 6.42 Å². The van der Waals surface area contributed by atoms with Gasteiger partial charge in [0.2, 0.25) is 5.91 Å². The van der Waals surface area contributed by atoms with Crippen LogP contribution in [0, 0.1) is 18.3 Å². The van der Waals surface area contributed by atoms with Gasteiger partial charge in [-0.1, -0.05) is 44.2 Å². The number of carbonyl (C=O) groups is 3. The standard InChI is InChI=1S/C19H24N2O5/c1-4-8-15(17(22)20-16(18(23)24)11-13(2)3)21-19(25)26-12-14-9-6-5-7-10-14/h1,5-7,9-10,13,15-16H,8,11-12H2,2-3H3,(H,20,22)(H,21,25)(H,23,24). The Labute approximate surface area is 153 Å². The Morgan fingerprint density at radius 1 is 1.15 bits per heavy atom. The van der Waals surface area contributed by atoms with Crippen LogP contribution >= 0.6 is 0 Å². The van der Waals surface area contributed by atoms with E-state index < -0.39 is 30.1 Å². The number of aliphatic carboxylic acids is 1. The highest BCUT2D eigenvalue weighted by Gasteiger charge is 2.27. The number of amides is 2. The molecule has 3 N–H and O–H groups in total. The summed E-state index contributed by atoms with van der Waals surface area (Å²) in [5.74, 6) is 0.568. The monoisotopic (exact) mass is 360 g/mol. The quantitative estimate of drug-likeness (QED) is 0.584. The highest BCUT2D eigenvalue weighted by atomic mass is 16.5. The van der Waals surface area contributed by atoms with Gasteiger partial charge in [-0.05, 0) is 17.9 Å². The molecule has 26 heavy (non-hydrogen) atoms. The number of ether oxygens (including phenoxy) is 1. The second kappa shape index (κ2) is 10.8. The smallest absolute Gasteiger partial charge is 0.408 e. The van der Waals surface area contributed by atoms with Crippen molar-refractivity contribution < 1.29 is 24.2 Å². The average molecular weight is 360 g/mol. The van der Waals surface area contributed by atoms with E-state index in [2.05, 4.69) is 16.6 Å². The first-order chi connectivity index (χ1) is 12.3. The molecular formula is C19H24N2O5. The lowest BCUT2D eigenvalue weighted by molar-refractivity contribution is -0.142. The second-order valence-corrected chi connectivity index (χ2v) is 6.20. The molecule has 1 rings (SSSR count). The van der Waals surface area contributed by atoms with Gasteiger partial charge in [0.05, 0.1) is 0 Å². The molecule has 0 fully saturated rings. The first-order valence-corrected chi connectivity index (χ1v) is 8.27. The number of hydrogen-bond donors (Lipinski definition) is 3. The molecule has 1 aromatic rings. The summed E-state index contributed by atoms with van der Waals surface area (Å²) in [6.45, 7) is 3.74. The third-order valence-corrected chi connectivity index (χ3v) is 3.46. The summed E-state index contributed by atoms with van der Waals surface area (Å²) in [5.41, 5.74) is 0.795.